The van der Waals surface area contributed by atoms with Gasteiger partial charge in [0.25, 0.3) is 0 Å². The zero-order valence-electron chi connectivity index (χ0n) is 16.1. The lowest BCUT2D eigenvalue weighted by molar-refractivity contribution is -0.131. The number of carbonyl (C=O) groups excluding carboxylic acids is 2. The number of ether oxygens (including phenoxy) is 1. The van der Waals surface area contributed by atoms with Crippen molar-refractivity contribution in [2.45, 2.75) is 45.8 Å². The number of rotatable bonds is 4. The molecule has 0 unspecified atom stereocenters. The van der Waals surface area contributed by atoms with Crippen molar-refractivity contribution < 1.29 is 14.3 Å². The zero-order valence-corrected chi connectivity index (χ0v) is 17.7. The average Bonchev–Trinajstić information content (AvgIpc) is 2.52. The molecule has 2 N–H and O–H groups in total. The molecule has 0 saturated carbocycles. The summed E-state index contributed by atoms with van der Waals surface area (Å²) in [5.74, 6) is 0.218. The van der Waals surface area contributed by atoms with Crippen LogP contribution in [0.25, 0.3) is 0 Å². The Morgan fingerprint density at radius 1 is 1.22 bits per heavy atom. The van der Waals surface area contributed by atoms with Gasteiger partial charge in [-0.15, -0.1) is 0 Å². The van der Waals surface area contributed by atoms with Crippen LogP contribution >= 0.6 is 23.2 Å². The predicted molar refractivity (Wildman–Crippen MR) is 108 cm³/mol. The summed E-state index contributed by atoms with van der Waals surface area (Å²) in [6, 6.07) is 4.92. The molecule has 0 aliphatic carbocycles. The van der Waals surface area contributed by atoms with Crippen LogP contribution in [-0.2, 0) is 9.53 Å². The molecule has 27 heavy (non-hydrogen) atoms. The van der Waals surface area contributed by atoms with Gasteiger partial charge >= 0.3 is 6.09 Å². The second-order valence-corrected chi connectivity index (χ2v) is 8.74. The number of hydrogen-bond acceptors (Lipinski definition) is 4. The normalized spacial score (nSPS) is 20.1. The molecule has 1 heterocycles. The summed E-state index contributed by atoms with van der Waals surface area (Å²) in [4.78, 5) is 26.4. The van der Waals surface area contributed by atoms with E-state index in [1.165, 1.54) is 0 Å². The molecule has 6 nitrogen and oxygen atoms in total. The summed E-state index contributed by atoms with van der Waals surface area (Å²) >= 11 is 11.9. The van der Waals surface area contributed by atoms with E-state index >= 15 is 0 Å². The molecule has 0 spiro atoms. The van der Waals surface area contributed by atoms with Crippen LogP contribution in [0.2, 0.25) is 10.0 Å². The van der Waals surface area contributed by atoms with E-state index in [0.717, 1.165) is 6.42 Å². The van der Waals surface area contributed by atoms with Gasteiger partial charge in [0, 0.05) is 28.8 Å². The number of anilines is 1. The van der Waals surface area contributed by atoms with Crippen molar-refractivity contribution in [3.63, 3.8) is 0 Å². The largest absolute Gasteiger partial charge is 0.444 e. The van der Waals surface area contributed by atoms with Crippen LogP contribution in [0.3, 0.4) is 0 Å². The highest BCUT2D eigenvalue weighted by Crippen LogP contribution is 2.23. The monoisotopic (exact) mass is 415 g/mol. The first-order chi connectivity index (χ1) is 12.5. The molecule has 150 valence electrons. The van der Waals surface area contributed by atoms with E-state index in [4.69, 9.17) is 27.9 Å². The minimum absolute atomic E-state index is 0.0472. The van der Waals surface area contributed by atoms with Gasteiger partial charge in [-0.3, -0.25) is 4.79 Å². The van der Waals surface area contributed by atoms with E-state index in [-0.39, 0.29) is 24.4 Å². The Hall–Kier alpha value is -1.66. The maximum Gasteiger partial charge on any atom is 0.407 e. The maximum atomic E-state index is 12.6. The van der Waals surface area contributed by atoms with Crippen molar-refractivity contribution in [1.82, 2.24) is 10.2 Å². The van der Waals surface area contributed by atoms with E-state index < -0.39 is 11.7 Å². The van der Waals surface area contributed by atoms with Crippen LogP contribution in [0.4, 0.5) is 10.5 Å². The van der Waals surface area contributed by atoms with Crippen molar-refractivity contribution in [3.05, 3.63) is 28.2 Å². The number of benzene rings is 1. The highest BCUT2D eigenvalue weighted by atomic mass is 35.5. The highest BCUT2D eigenvalue weighted by molar-refractivity contribution is 6.35. The summed E-state index contributed by atoms with van der Waals surface area (Å²) in [7, 11) is 0. The minimum atomic E-state index is -0.556. The minimum Gasteiger partial charge on any atom is -0.444 e. The summed E-state index contributed by atoms with van der Waals surface area (Å²) in [6.07, 6.45) is 0.357. The van der Waals surface area contributed by atoms with Gasteiger partial charge in [0.05, 0.1) is 12.6 Å². The van der Waals surface area contributed by atoms with Gasteiger partial charge in [-0.05, 0) is 51.3 Å². The Bertz CT molecular complexity index is 671. The summed E-state index contributed by atoms with van der Waals surface area (Å²) in [5, 5.41) is 6.95. The van der Waals surface area contributed by atoms with Crippen LogP contribution in [0, 0.1) is 5.92 Å². The van der Waals surface area contributed by atoms with Gasteiger partial charge in [-0.25, -0.2) is 4.79 Å². The van der Waals surface area contributed by atoms with Gasteiger partial charge in [-0.2, -0.15) is 0 Å². The lowest BCUT2D eigenvalue weighted by Gasteiger charge is -2.37. The number of hydrogen-bond donors (Lipinski definition) is 2. The van der Waals surface area contributed by atoms with Crippen LogP contribution in [0.5, 0.6) is 0 Å². The standard InChI is InChI=1S/C19H27Cl2N3O3/c1-12-5-6-24(11-16(12)23-18(26)27-19(2,3)4)17(25)10-22-15-8-13(20)7-14(21)9-15/h7-9,12,16,22H,5-6,10-11H2,1-4H3,(H,23,26)/t12-,16+/m0/s1. The number of carbonyl (C=O) groups is 2. The molecule has 0 radical (unpaired) electrons. The molecule has 1 aromatic carbocycles. The number of piperidine rings is 1. The van der Waals surface area contributed by atoms with Gasteiger partial charge in [-0.1, -0.05) is 30.1 Å². The van der Waals surface area contributed by atoms with E-state index in [2.05, 4.69) is 17.6 Å². The van der Waals surface area contributed by atoms with Crippen molar-refractivity contribution in [1.29, 1.82) is 0 Å². The molecule has 0 bridgehead atoms. The Kier molecular flexibility index (Phi) is 7.23. The van der Waals surface area contributed by atoms with Crippen LogP contribution in [0.15, 0.2) is 18.2 Å². The third-order valence-corrected chi connectivity index (χ3v) is 4.76. The van der Waals surface area contributed by atoms with E-state index in [1.807, 2.05) is 20.8 Å². The van der Waals surface area contributed by atoms with Gasteiger partial charge in [0.1, 0.15) is 5.60 Å². The zero-order chi connectivity index (χ0) is 20.2. The Morgan fingerprint density at radius 2 is 1.85 bits per heavy atom. The number of alkyl carbamates (subject to hydrolysis) is 1. The maximum absolute atomic E-state index is 12.6. The molecule has 8 heteroatoms. The number of nitrogens with zero attached hydrogens (tertiary/aromatic N) is 1. The smallest absolute Gasteiger partial charge is 0.407 e. The van der Waals surface area contributed by atoms with Crippen LogP contribution in [0.1, 0.15) is 34.1 Å². The fourth-order valence-electron chi connectivity index (χ4n) is 2.89. The highest BCUT2D eigenvalue weighted by Gasteiger charge is 2.31. The van der Waals surface area contributed by atoms with E-state index in [1.54, 1.807) is 23.1 Å². The fourth-order valence-corrected chi connectivity index (χ4v) is 3.41. The van der Waals surface area contributed by atoms with Crippen LogP contribution in [-0.4, -0.2) is 48.2 Å². The first kappa shape index (κ1) is 21.6. The number of likely N-dealkylation sites (tertiary alicyclic amines) is 1. The van der Waals surface area contributed by atoms with Crippen LogP contribution < -0.4 is 10.6 Å². The number of halogens is 2. The molecule has 2 rings (SSSR count). The molecule has 2 amide bonds. The van der Waals surface area contributed by atoms with Crippen molar-refractivity contribution >= 4 is 40.9 Å². The number of nitrogens with one attached hydrogen (secondary N) is 2. The molecular formula is C19H27Cl2N3O3. The Balaban J connectivity index is 1.90. The molecule has 1 aromatic rings. The van der Waals surface area contributed by atoms with E-state index in [0.29, 0.717) is 28.8 Å². The molecule has 1 aliphatic rings. The quantitative estimate of drug-likeness (QED) is 0.773. The first-order valence-corrected chi connectivity index (χ1v) is 9.76. The second-order valence-electron chi connectivity index (χ2n) is 7.87. The molecular weight excluding hydrogens is 389 g/mol. The lowest BCUT2D eigenvalue weighted by Crippen LogP contribution is -2.54. The summed E-state index contributed by atoms with van der Waals surface area (Å²) < 4.78 is 5.32. The molecule has 0 aromatic heterocycles. The molecule has 1 fully saturated rings. The summed E-state index contributed by atoms with van der Waals surface area (Å²) in [6.45, 7) is 8.77. The third-order valence-electron chi connectivity index (χ3n) is 4.32. The van der Waals surface area contributed by atoms with Gasteiger partial charge in [0.15, 0.2) is 0 Å². The lowest BCUT2D eigenvalue weighted by atomic mass is 9.93. The topological polar surface area (TPSA) is 70.7 Å². The van der Waals surface area contributed by atoms with Gasteiger partial charge in [0.2, 0.25) is 5.91 Å². The Labute approximate surface area is 170 Å². The van der Waals surface area contributed by atoms with Crippen molar-refractivity contribution in [3.8, 4) is 0 Å². The van der Waals surface area contributed by atoms with Crippen molar-refractivity contribution in [2.24, 2.45) is 5.92 Å². The first-order valence-electron chi connectivity index (χ1n) is 9.01. The fraction of sp³-hybridized carbons (Fsp3) is 0.579. The SMILES string of the molecule is C[C@H]1CCN(C(=O)CNc2cc(Cl)cc(Cl)c2)C[C@H]1NC(=O)OC(C)(C)C. The molecule has 2 atom stereocenters. The predicted octanol–water partition coefficient (Wildman–Crippen LogP) is 4.17. The average molecular weight is 416 g/mol. The third kappa shape index (κ3) is 7.11. The van der Waals surface area contributed by atoms with Gasteiger partial charge < -0.3 is 20.3 Å². The van der Waals surface area contributed by atoms with E-state index in [9.17, 15) is 9.59 Å². The second kappa shape index (κ2) is 9.02. The number of amides is 2. The Morgan fingerprint density at radius 3 is 2.44 bits per heavy atom. The molecule has 1 aliphatic heterocycles. The summed E-state index contributed by atoms with van der Waals surface area (Å²) in [5.41, 5.74) is 0.134. The molecule has 1 saturated heterocycles. The van der Waals surface area contributed by atoms with Crippen molar-refractivity contribution in [2.75, 3.05) is 25.0 Å².